The SMILES string of the molecule is COc1ccc(C=O)cc1.N=C=S. The van der Waals surface area contributed by atoms with Crippen molar-refractivity contribution in [3.63, 3.8) is 0 Å². The largest absolute Gasteiger partial charge is 0.497 e. The average molecular weight is 195 g/mol. The maximum atomic E-state index is 10.2. The highest BCUT2D eigenvalue weighted by atomic mass is 32.1. The number of carbonyl (C=O) groups is 1. The predicted molar refractivity (Wildman–Crippen MR) is 53.7 cm³/mol. The summed E-state index contributed by atoms with van der Waals surface area (Å²) in [5.74, 6) is 0.769. The highest BCUT2D eigenvalue weighted by molar-refractivity contribution is 7.78. The third kappa shape index (κ3) is 4.85. The second kappa shape index (κ2) is 7.16. The van der Waals surface area contributed by atoms with Crippen LogP contribution in [0.4, 0.5) is 0 Å². The quantitative estimate of drug-likeness (QED) is 0.447. The lowest BCUT2D eigenvalue weighted by Crippen LogP contribution is -1.82. The Morgan fingerprint density at radius 1 is 1.46 bits per heavy atom. The first-order valence-electron chi connectivity index (χ1n) is 3.41. The molecular weight excluding hydrogens is 186 g/mol. The van der Waals surface area contributed by atoms with Crippen LogP contribution in [0.25, 0.3) is 0 Å². The molecule has 0 radical (unpaired) electrons. The van der Waals surface area contributed by atoms with E-state index in [-0.39, 0.29) is 0 Å². The van der Waals surface area contributed by atoms with Crippen molar-refractivity contribution in [3.8, 4) is 5.75 Å². The van der Waals surface area contributed by atoms with Gasteiger partial charge in [0.15, 0.2) is 0 Å². The lowest BCUT2D eigenvalue weighted by molar-refractivity contribution is 0.112. The first-order valence-corrected chi connectivity index (χ1v) is 3.82. The Balaban J connectivity index is 0.000000424. The zero-order valence-corrected chi connectivity index (χ0v) is 7.93. The maximum Gasteiger partial charge on any atom is 0.150 e. The van der Waals surface area contributed by atoms with Gasteiger partial charge in [0.05, 0.1) is 12.3 Å². The van der Waals surface area contributed by atoms with Crippen LogP contribution in [-0.2, 0) is 0 Å². The Kier molecular flexibility index (Phi) is 6.32. The third-order valence-electron chi connectivity index (χ3n) is 1.25. The second-order valence-corrected chi connectivity index (χ2v) is 2.20. The number of carbonyl (C=O) groups excluding carboxylic acids is 1. The number of hydrogen-bond donors (Lipinski definition) is 1. The van der Waals surface area contributed by atoms with Crippen LogP contribution >= 0.6 is 12.2 Å². The second-order valence-electron chi connectivity index (χ2n) is 1.99. The van der Waals surface area contributed by atoms with Crippen LogP contribution in [0.5, 0.6) is 5.75 Å². The molecule has 0 atom stereocenters. The van der Waals surface area contributed by atoms with E-state index in [9.17, 15) is 4.79 Å². The van der Waals surface area contributed by atoms with E-state index < -0.39 is 0 Å². The molecule has 0 bridgehead atoms. The summed E-state index contributed by atoms with van der Waals surface area (Å²) in [6.45, 7) is 0. The van der Waals surface area contributed by atoms with Gasteiger partial charge in [0, 0.05) is 5.56 Å². The number of thiocarbonyl (C=S) groups is 1. The van der Waals surface area contributed by atoms with Crippen molar-refractivity contribution in [2.75, 3.05) is 7.11 Å². The van der Waals surface area contributed by atoms with E-state index in [1.54, 1.807) is 36.5 Å². The van der Waals surface area contributed by atoms with Gasteiger partial charge in [-0.15, -0.1) is 0 Å². The molecule has 0 amide bonds. The van der Waals surface area contributed by atoms with Crippen molar-refractivity contribution in [2.24, 2.45) is 0 Å². The van der Waals surface area contributed by atoms with Crippen molar-refractivity contribution in [1.29, 1.82) is 5.41 Å². The molecule has 68 valence electrons. The van der Waals surface area contributed by atoms with Gasteiger partial charge in [0.2, 0.25) is 0 Å². The first kappa shape index (κ1) is 11.5. The van der Waals surface area contributed by atoms with E-state index in [0.717, 1.165) is 12.0 Å². The number of benzene rings is 1. The molecule has 0 aliphatic rings. The molecular formula is C9H9NO2S. The zero-order chi connectivity index (χ0) is 10.1. The Morgan fingerprint density at radius 3 is 2.23 bits per heavy atom. The molecule has 1 aromatic rings. The molecule has 0 saturated heterocycles. The highest BCUT2D eigenvalue weighted by Crippen LogP contribution is 2.09. The normalized spacial score (nSPS) is 7.46. The number of isothiocyanates is 1. The van der Waals surface area contributed by atoms with E-state index >= 15 is 0 Å². The molecule has 0 saturated carbocycles. The standard InChI is InChI=1S/C8H8O2.CHNS/c1-10-8-4-2-7(6-9)3-5-8;2-1-3/h2-6H,1H3;2H. The van der Waals surface area contributed by atoms with Crippen LogP contribution in [0.1, 0.15) is 10.4 Å². The highest BCUT2D eigenvalue weighted by Gasteiger charge is 1.89. The van der Waals surface area contributed by atoms with Crippen molar-refractivity contribution < 1.29 is 9.53 Å². The fourth-order valence-electron chi connectivity index (χ4n) is 0.682. The Labute approximate surface area is 81.9 Å². The molecule has 1 rings (SSSR count). The Morgan fingerprint density at radius 2 is 1.92 bits per heavy atom. The van der Waals surface area contributed by atoms with Crippen molar-refractivity contribution in [1.82, 2.24) is 0 Å². The van der Waals surface area contributed by atoms with Crippen molar-refractivity contribution in [3.05, 3.63) is 29.8 Å². The minimum atomic E-state index is 0.667. The van der Waals surface area contributed by atoms with Crippen molar-refractivity contribution in [2.45, 2.75) is 0 Å². The Bertz CT molecular complexity index is 289. The lowest BCUT2D eigenvalue weighted by atomic mass is 10.2. The minimum absolute atomic E-state index is 0.667. The molecule has 0 unspecified atom stereocenters. The van der Waals surface area contributed by atoms with Gasteiger partial charge in [0.1, 0.15) is 12.0 Å². The van der Waals surface area contributed by atoms with Crippen LogP contribution in [0.15, 0.2) is 24.3 Å². The fourth-order valence-corrected chi connectivity index (χ4v) is 0.682. The maximum absolute atomic E-state index is 10.2. The van der Waals surface area contributed by atoms with E-state index in [1.807, 2.05) is 0 Å². The molecule has 0 fully saturated rings. The van der Waals surface area contributed by atoms with Gasteiger partial charge in [-0.3, -0.25) is 4.79 Å². The summed E-state index contributed by atoms with van der Waals surface area (Å²) in [4.78, 5) is 10.2. The molecule has 0 spiro atoms. The summed E-state index contributed by atoms with van der Waals surface area (Å²) < 4.78 is 4.90. The first-order chi connectivity index (χ1) is 6.28. The van der Waals surface area contributed by atoms with Gasteiger partial charge in [0.25, 0.3) is 0 Å². The number of hydrogen-bond acceptors (Lipinski definition) is 4. The van der Waals surface area contributed by atoms with Gasteiger partial charge in [-0.25, -0.2) is 5.41 Å². The van der Waals surface area contributed by atoms with Crippen molar-refractivity contribution >= 4 is 23.7 Å². The molecule has 0 aromatic heterocycles. The molecule has 1 N–H and O–H groups in total. The summed E-state index contributed by atoms with van der Waals surface area (Å²) in [7, 11) is 1.59. The number of ether oxygens (including phenoxy) is 1. The summed E-state index contributed by atoms with van der Waals surface area (Å²) in [5, 5.41) is 7.36. The summed E-state index contributed by atoms with van der Waals surface area (Å²) in [5.41, 5.74) is 0.667. The van der Waals surface area contributed by atoms with E-state index in [1.165, 1.54) is 0 Å². The van der Waals surface area contributed by atoms with Crippen LogP contribution in [0.3, 0.4) is 0 Å². The van der Waals surface area contributed by atoms with Crippen LogP contribution in [0.2, 0.25) is 0 Å². The molecule has 13 heavy (non-hydrogen) atoms. The lowest BCUT2D eigenvalue weighted by Gasteiger charge is -1.96. The number of nitrogens with one attached hydrogen (secondary N) is 1. The smallest absolute Gasteiger partial charge is 0.150 e. The number of aldehydes is 1. The van der Waals surface area contributed by atoms with Gasteiger partial charge in [-0.2, -0.15) is 0 Å². The zero-order valence-electron chi connectivity index (χ0n) is 7.11. The third-order valence-corrected chi connectivity index (χ3v) is 1.25. The summed E-state index contributed by atoms with van der Waals surface area (Å²) in [6, 6.07) is 6.94. The average Bonchev–Trinajstić information content (AvgIpc) is 2.19. The Hall–Kier alpha value is -1.51. The topological polar surface area (TPSA) is 50.2 Å². The fraction of sp³-hybridized carbons (Fsp3) is 0.111. The summed E-state index contributed by atoms with van der Waals surface area (Å²) >= 11 is 3.81. The van der Waals surface area contributed by atoms with Gasteiger partial charge in [-0.05, 0) is 36.5 Å². The number of methoxy groups -OCH3 is 1. The van der Waals surface area contributed by atoms with Gasteiger partial charge < -0.3 is 4.74 Å². The molecule has 0 aliphatic heterocycles. The van der Waals surface area contributed by atoms with Crippen LogP contribution < -0.4 is 4.74 Å². The minimum Gasteiger partial charge on any atom is -0.497 e. The number of rotatable bonds is 2. The van der Waals surface area contributed by atoms with Gasteiger partial charge >= 0.3 is 0 Å². The molecule has 1 aromatic carbocycles. The van der Waals surface area contributed by atoms with E-state index in [2.05, 4.69) is 12.2 Å². The van der Waals surface area contributed by atoms with E-state index in [4.69, 9.17) is 10.1 Å². The molecule has 0 aliphatic carbocycles. The molecule has 3 nitrogen and oxygen atoms in total. The monoisotopic (exact) mass is 195 g/mol. The van der Waals surface area contributed by atoms with E-state index in [0.29, 0.717) is 5.56 Å². The van der Waals surface area contributed by atoms with Gasteiger partial charge in [-0.1, -0.05) is 0 Å². The molecule has 0 heterocycles. The van der Waals surface area contributed by atoms with Crippen LogP contribution in [-0.4, -0.2) is 18.6 Å². The van der Waals surface area contributed by atoms with Crippen LogP contribution in [0, 0.1) is 5.41 Å². The molecule has 4 heteroatoms. The summed E-state index contributed by atoms with van der Waals surface area (Å²) in [6.07, 6.45) is 0.805. The predicted octanol–water partition coefficient (Wildman–Crippen LogP) is 2.18.